The van der Waals surface area contributed by atoms with E-state index in [1.54, 1.807) is 0 Å². The summed E-state index contributed by atoms with van der Waals surface area (Å²) < 4.78 is 19.8. The Kier molecular flexibility index (Phi) is 14.0. The lowest BCUT2D eigenvalue weighted by molar-refractivity contribution is -0.174. The van der Waals surface area contributed by atoms with E-state index in [2.05, 4.69) is 91.5 Å². The zero-order chi connectivity index (χ0) is 33.4. The van der Waals surface area contributed by atoms with Crippen LogP contribution in [0.2, 0.25) is 0 Å². The molecule has 5 nitrogen and oxygen atoms in total. The molecule has 4 atom stereocenters. The second kappa shape index (κ2) is 19.0. The number of benzene rings is 5. The number of rotatable bonds is 19. The summed E-state index contributed by atoms with van der Waals surface area (Å²) in [5, 5.41) is 12.0. The maximum Gasteiger partial charge on any atom is 0.114 e. The molecule has 5 rings (SSSR count). The van der Waals surface area contributed by atoms with Gasteiger partial charge in [0.05, 0.1) is 26.4 Å². The molecule has 0 aromatic heterocycles. The number of ether oxygens (including phenoxy) is 3. The molecule has 0 aliphatic carbocycles. The van der Waals surface area contributed by atoms with E-state index in [1.807, 2.05) is 78.9 Å². The van der Waals surface area contributed by atoms with Crippen molar-refractivity contribution in [2.75, 3.05) is 6.61 Å². The number of aliphatic hydroxyl groups excluding tert-OH is 1. The van der Waals surface area contributed by atoms with Gasteiger partial charge < -0.3 is 19.3 Å². The van der Waals surface area contributed by atoms with Crippen molar-refractivity contribution in [3.05, 3.63) is 179 Å². The zero-order valence-corrected chi connectivity index (χ0v) is 28.2. The third-order valence-corrected chi connectivity index (χ3v) is 8.57. The van der Waals surface area contributed by atoms with Gasteiger partial charge in [0.25, 0.3) is 0 Å². The van der Waals surface area contributed by atoms with E-state index in [9.17, 15) is 5.11 Å². The Morgan fingerprint density at radius 1 is 0.479 bits per heavy atom. The Balaban J connectivity index is 1.50. The van der Waals surface area contributed by atoms with Gasteiger partial charge in [-0.05, 0) is 33.7 Å². The smallest absolute Gasteiger partial charge is 0.114 e. The molecule has 5 heteroatoms. The molecule has 0 aliphatic heterocycles. The van der Waals surface area contributed by atoms with E-state index in [4.69, 9.17) is 14.2 Å². The molecular formula is C43H49NO4. The minimum absolute atomic E-state index is 0.112. The normalized spacial score (nSPS) is 14.1. The van der Waals surface area contributed by atoms with Crippen molar-refractivity contribution in [2.45, 2.75) is 71.1 Å². The second-order valence-electron chi connectivity index (χ2n) is 12.7. The fourth-order valence-corrected chi connectivity index (χ4v) is 6.22. The van der Waals surface area contributed by atoms with Crippen LogP contribution in [0.1, 0.15) is 41.7 Å². The number of nitrogens with zero attached hydrogens (tertiary/aromatic N) is 1. The number of hydrogen-bond acceptors (Lipinski definition) is 5. The molecule has 0 saturated carbocycles. The average Bonchev–Trinajstić information content (AvgIpc) is 3.12. The zero-order valence-electron chi connectivity index (χ0n) is 28.2. The van der Waals surface area contributed by atoms with Crippen LogP contribution in [0.15, 0.2) is 152 Å². The largest absolute Gasteiger partial charge is 0.388 e. The van der Waals surface area contributed by atoms with Gasteiger partial charge in [-0.15, -0.1) is 0 Å². The monoisotopic (exact) mass is 643 g/mol. The van der Waals surface area contributed by atoms with Gasteiger partial charge in [0.1, 0.15) is 18.3 Å². The quantitative estimate of drug-likeness (QED) is 0.0979. The highest BCUT2D eigenvalue weighted by Crippen LogP contribution is 2.29. The van der Waals surface area contributed by atoms with Gasteiger partial charge in [0.15, 0.2) is 0 Å². The Labute approximate surface area is 286 Å². The maximum absolute atomic E-state index is 12.0. The van der Waals surface area contributed by atoms with Crippen LogP contribution >= 0.6 is 0 Å². The van der Waals surface area contributed by atoms with Crippen LogP contribution in [-0.2, 0) is 47.1 Å². The topological polar surface area (TPSA) is 51.2 Å². The number of hydrogen-bond donors (Lipinski definition) is 1. The highest BCUT2D eigenvalue weighted by Gasteiger charge is 2.41. The highest BCUT2D eigenvalue weighted by atomic mass is 16.6. The van der Waals surface area contributed by atoms with Gasteiger partial charge in [-0.25, -0.2) is 0 Å². The summed E-state index contributed by atoms with van der Waals surface area (Å²) in [5.41, 5.74) is 5.59. The first-order valence-electron chi connectivity index (χ1n) is 17.0. The molecule has 5 aromatic rings. The molecule has 0 bridgehead atoms. The van der Waals surface area contributed by atoms with Crippen molar-refractivity contribution >= 4 is 0 Å². The summed E-state index contributed by atoms with van der Waals surface area (Å²) in [5.74, 6) is 0.165. The molecular weight excluding hydrogens is 594 g/mol. The molecule has 0 unspecified atom stereocenters. The van der Waals surface area contributed by atoms with Gasteiger partial charge >= 0.3 is 0 Å². The van der Waals surface area contributed by atoms with E-state index >= 15 is 0 Å². The van der Waals surface area contributed by atoms with Crippen molar-refractivity contribution in [3.8, 4) is 0 Å². The minimum Gasteiger partial charge on any atom is -0.388 e. The molecule has 0 amide bonds. The third-order valence-electron chi connectivity index (χ3n) is 8.57. The van der Waals surface area contributed by atoms with Crippen molar-refractivity contribution < 1.29 is 19.3 Å². The minimum atomic E-state index is -0.935. The first-order valence-corrected chi connectivity index (χ1v) is 17.0. The summed E-state index contributed by atoms with van der Waals surface area (Å²) in [6.07, 6.45) is -2.10. The van der Waals surface area contributed by atoms with Gasteiger partial charge in [0.2, 0.25) is 0 Å². The van der Waals surface area contributed by atoms with Crippen molar-refractivity contribution in [1.82, 2.24) is 4.90 Å². The molecule has 0 fully saturated rings. The molecule has 0 spiro atoms. The Hall–Kier alpha value is -4.10. The second-order valence-corrected chi connectivity index (χ2v) is 12.7. The average molecular weight is 644 g/mol. The highest BCUT2D eigenvalue weighted by molar-refractivity contribution is 5.19. The van der Waals surface area contributed by atoms with Crippen molar-refractivity contribution in [2.24, 2.45) is 5.92 Å². The molecule has 0 radical (unpaired) electrons. The number of aliphatic hydroxyl groups is 1. The van der Waals surface area contributed by atoms with Crippen LogP contribution in [0.5, 0.6) is 0 Å². The van der Waals surface area contributed by atoms with E-state index in [-0.39, 0.29) is 18.6 Å². The molecule has 0 saturated heterocycles. The fraction of sp³-hybridized carbons (Fsp3) is 0.302. The Bertz CT molecular complexity index is 1510. The van der Waals surface area contributed by atoms with Crippen LogP contribution in [-0.4, -0.2) is 41.0 Å². The summed E-state index contributed by atoms with van der Waals surface area (Å²) in [6, 6.07) is 51.4. The van der Waals surface area contributed by atoms with Gasteiger partial charge in [-0.2, -0.15) is 0 Å². The molecule has 0 aliphatic rings. The van der Waals surface area contributed by atoms with Crippen LogP contribution < -0.4 is 0 Å². The predicted molar refractivity (Wildman–Crippen MR) is 193 cm³/mol. The van der Waals surface area contributed by atoms with Crippen LogP contribution in [0.25, 0.3) is 0 Å². The van der Waals surface area contributed by atoms with Gasteiger partial charge in [-0.3, -0.25) is 4.90 Å². The predicted octanol–water partition coefficient (Wildman–Crippen LogP) is 8.46. The summed E-state index contributed by atoms with van der Waals surface area (Å²) in [7, 11) is 0. The lowest BCUT2D eigenvalue weighted by atomic mass is 9.89. The van der Waals surface area contributed by atoms with Crippen LogP contribution in [0, 0.1) is 5.92 Å². The van der Waals surface area contributed by atoms with Crippen LogP contribution in [0.4, 0.5) is 0 Å². The molecule has 250 valence electrons. The Morgan fingerprint density at radius 3 is 1.23 bits per heavy atom. The van der Waals surface area contributed by atoms with Gasteiger partial charge in [-0.1, -0.05) is 166 Å². The van der Waals surface area contributed by atoms with Crippen LogP contribution in [0.3, 0.4) is 0 Å². The summed E-state index contributed by atoms with van der Waals surface area (Å²) in [6.45, 7) is 7.16. The fourth-order valence-electron chi connectivity index (χ4n) is 6.22. The lowest BCUT2D eigenvalue weighted by Crippen LogP contribution is -2.56. The third kappa shape index (κ3) is 11.0. The summed E-state index contributed by atoms with van der Waals surface area (Å²) >= 11 is 0. The maximum atomic E-state index is 12.0. The standard InChI is InChI=1S/C43H49NO4/c1-34(2)41(44(28-35-18-8-3-9-19-35)29-36-20-10-4-11-21-36)43(48-32-39-26-16-7-17-27-39)42(47-31-38-24-14-6-15-25-38)40(45)33-46-30-37-22-12-5-13-23-37/h3-27,34,40-43,45H,28-33H2,1-2H3/t40-,41+,42-,43-/m1/s1. The van der Waals surface area contributed by atoms with Gasteiger partial charge in [0, 0.05) is 19.1 Å². The molecule has 5 aromatic carbocycles. The van der Waals surface area contributed by atoms with E-state index in [0.717, 1.165) is 29.8 Å². The first kappa shape index (κ1) is 35.2. The van der Waals surface area contributed by atoms with E-state index < -0.39 is 18.3 Å². The van der Waals surface area contributed by atoms with Crippen molar-refractivity contribution in [1.29, 1.82) is 0 Å². The lowest BCUT2D eigenvalue weighted by Gasteiger charge is -2.43. The molecule has 48 heavy (non-hydrogen) atoms. The van der Waals surface area contributed by atoms with E-state index in [1.165, 1.54) is 11.1 Å². The van der Waals surface area contributed by atoms with Crippen molar-refractivity contribution in [3.63, 3.8) is 0 Å². The first-order chi connectivity index (χ1) is 23.6. The van der Waals surface area contributed by atoms with E-state index in [0.29, 0.717) is 19.8 Å². The summed E-state index contributed by atoms with van der Waals surface area (Å²) in [4.78, 5) is 2.49. The SMILES string of the molecule is CC(C)[C@@H]([C@@H](OCc1ccccc1)[C@H](OCc1ccccc1)[C@H](O)COCc1ccccc1)N(Cc1ccccc1)Cc1ccccc1. The molecule has 1 N–H and O–H groups in total. The Morgan fingerprint density at radius 2 is 0.833 bits per heavy atom. The molecule has 0 heterocycles.